The lowest BCUT2D eigenvalue weighted by Crippen LogP contribution is -2.41. The van der Waals surface area contributed by atoms with Crippen LogP contribution in [0, 0.1) is 11.3 Å². The second kappa shape index (κ2) is 6.83. The molecule has 6 heteroatoms. The molecule has 0 radical (unpaired) electrons. The van der Waals surface area contributed by atoms with E-state index in [1.54, 1.807) is 18.9 Å². The van der Waals surface area contributed by atoms with E-state index in [2.05, 4.69) is 21.4 Å². The fourth-order valence-electron chi connectivity index (χ4n) is 2.09. The lowest BCUT2D eigenvalue weighted by Gasteiger charge is -2.21. The third-order valence-corrected chi connectivity index (χ3v) is 4.20. The van der Waals surface area contributed by atoms with E-state index >= 15 is 0 Å². The molecule has 0 saturated carbocycles. The quantitative estimate of drug-likeness (QED) is 0.769. The molecule has 112 valence electrons. The lowest BCUT2D eigenvalue weighted by atomic mass is 10.0. The second-order valence-corrected chi connectivity index (χ2v) is 6.08. The number of nitrogens with zero attached hydrogens (tertiary/aromatic N) is 2. The topological polar surface area (TPSA) is 73.7 Å². The molecule has 2 aromatic rings. The molecular weight excluding hydrogens is 284 g/mol. The zero-order valence-corrected chi connectivity index (χ0v) is 13.4. The smallest absolute Gasteiger partial charge is 0.166 e. The number of nitrogens with one attached hydrogen (secondary N) is 2. The summed E-state index contributed by atoms with van der Waals surface area (Å²) in [7, 11) is 1.65. The first kappa shape index (κ1) is 15.7. The van der Waals surface area contributed by atoms with Gasteiger partial charge in [0.2, 0.25) is 0 Å². The fourth-order valence-corrected chi connectivity index (χ4v) is 3.14. The Morgan fingerprint density at radius 3 is 3.00 bits per heavy atom. The van der Waals surface area contributed by atoms with E-state index in [0.717, 1.165) is 40.7 Å². The zero-order chi connectivity index (χ0) is 15.3. The highest BCUT2D eigenvalue weighted by Gasteiger charge is 2.21. The van der Waals surface area contributed by atoms with Crippen LogP contribution in [0.1, 0.15) is 20.3 Å². The molecule has 1 atom stereocenters. The molecule has 0 amide bonds. The molecule has 2 N–H and O–H groups in total. The average molecular weight is 304 g/mol. The first-order chi connectivity index (χ1) is 10.1. The average Bonchev–Trinajstić information content (AvgIpc) is 2.89. The number of benzene rings is 1. The van der Waals surface area contributed by atoms with Crippen molar-refractivity contribution < 1.29 is 4.74 Å². The largest absolute Gasteiger partial charge is 0.497 e. The monoisotopic (exact) mass is 304 g/mol. The standard InChI is InChI=1S/C15H20N4OS/c1-4-17-15(2,10-16)7-8-21-14-18-12-6-5-11(20-3)9-13(12)19-14/h5-6,9,17H,4,7-8H2,1-3H3,(H,18,19). The maximum atomic E-state index is 9.23. The molecule has 1 unspecified atom stereocenters. The van der Waals surface area contributed by atoms with E-state index < -0.39 is 5.54 Å². The molecule has 0 aliphatic rings. The van der Waals surface area contributed by atoms with Gasteiger partial charge in [0.1, 0.15) is 11.3 Å². The highest BCUT2D eigenvalue weighted by molar-refractivity contribution is 7.99. The molecule has 0 bridgehead atoms. The van der Waals surface area contributed by atoms with Crippen LogP contribution < -0.4 is 10.1 Å². The van der Waals surface area contributed by atoms with Crippen molar-refractivity contribution in [2.45, 2.75) is 31.0 Å². The van der Waals surface area contributed by atoms with Crippen molar-refractivity contribution >= 4 is 22.8 Å². The van der Waals surface area contributed by atoms with Gasteiger partial charge in [-0.1, -0.05) is 18.7 Å². The van der Waals surface area contributed by atoms with Crippen molar-refractivity contribution in [1.82, 2.24) is 15.3 Å². The normalized spacial score (nSPS) is 13.8. The minimum atomic E-state index is -0.475. The van der Waals surface area contributed by atoms with Crippen LogP contribution in [0.3, 0.4) is 0 Å². The number of aromatic nitrogens is 2. The molecule has 5 nitrogen and oxygen atoms in total. The minimum Gasteiger partial charge on any atom is -0.497 e. The van der Waals surface area contributed by atoms with Gasteiger partial charge in [-0.25, -0.2) is 4.98 Å². The van der Waals surface area contributed by atoms with E-state index in [-0.39, 0.29) is 0 Å². The van der Waals surface area contributed by atoms with Crippen molar-refractivity contribution in [2.75, 3.05) is 19.4 Å². The maximum absolute atomic E-state index is 9.23. The Bertz CT molecular complexity index is 649. The van der Waals surface area contributed by atoms with Gasteiger partial charge in [0.05, 0.1) is 24.2 Å². The van der Waals surface area contributed by atoms with Crippen molar-refractivity contribution in [2.24, 2.45) is 0 Å². The Kier molecular flexibility index (Phi) is 5.10. The molecule has 1 aromatic heterocycles. The minimum absolute atomic E-state index is 0.475. The van der Waals surface area contributed by atoms with Crippen LogP contribution in [0.4, 0.5) is 0 Å². The first-order valence-electron chi connectivity index (χ1n) is 6.93. The van der Waals surface area contributed by atoms with Gasteiger partial charge in [0.25, 0.3) is 0 Å². The molecule has 2 rings (SSSR count). The molecule has 0 fully saturated rings. The molecule has 0 saturated heterocycles. The molecular formula is C15H20N4OS. The maximum Gasteiger partial charge on any atom is 0.166 e. The molecule has 0 spiro atoms. The molecule has 0 aliphatic carbocycles. The van der Waals surface area contributed by atoms with E-state index in [4.69, 9.17) is 4.74 Å². The van der Waals surface area contributed by atoms with Gasteiger partial charge >= 0.3 is 0 Å². The predicted octanol–water partition coefficient (Wildman–Crippen LogP) is 2.95. The lowest BCUT2D eigenvalue weighted by molar-refractivity contribution is 0.415. The summed E-state index contributed by atoms with van der Waals surface area (Å²) in [6.07, 6.45) is 0.766. The van der Waals surface area contributed by atoms with Crippen LogP contribution in [-0.4, -0.2) is 34.9 Å². The summed E-state index contributed by atoms with van der Waals surface area (Å²) in [4.78, 5) is 7.80. The van der Waals surface area contributed by atoms with Crippen LogP contribution in [-0.2, 0) is 0 Å². The van der Waals surface area contributed by atoms with E-state index in [9.17, 15) is 5.26 Å². The van der Waals surface area contributed by atoms with Gasteiger partial charge in [0, 0.05) is 11.8 Å². The number of aromatic amines is 1. The molecule has 0 aliphatic heterocycles. The van der Waals surface area contributed by atoms with Crippen LogP contribution in [0.15, 0.2) is 23.4 Å². The van der Waals surface area contributed by atoms with Crippen LogP contribution in [0.2, 0.25) is 0 Å². The van der Waals surface area contributed by atoms with Gasteiger partial charge in [-0.3, -0.25) is 5.32 Å². The third kappa shape index (κ3) is 3.90. The van der Waals surface area contributed by atoms with Crippen molar-refractivity contribution in [3.05, 3.63) is 18.2 Å². The van der Waals surface area contributed by atoms with Gasteiger partial charge in [0.15, 0.2) is 5.16 Å². The predicted molar refractivity (Wildman–Crippen MR) is 85.7 cm³/mol. The van der Waals surface area contributed by atoms with Crippen LogP contribution >= 0.6 is 11.8 Å². The molecule has 1 heterocycles. The summed E-state index contributed by atoms with van der Waals surface area (Å²) in [5, 5.41) is 13.3. The van der Waals surface area contributed by atoms with Crippen molar-refractivity contribution in [3.63, 3.8) is 0 Å². The van der Waals surface area contributed by atoms with E-state index in [0.29, 0.717) is 0 Å². The number of fused-ring (bicyclic) bond motifs is 1. The fraction of sp³-hybridized carbons (Fsp3) is 0.467. The Morgan fingerprint density at radius 2 is 2.33 bits per heavy atom. The first-order valence-corrected chi connectivity index (χ1v) is 7.91. The Balaban J connectivity index is 1.99. The highest BCUT2D eigenvalue weighted by atomic mass is 32.2. The number of imidazole rings is 1. The van der Waals surface area contributed by atoms with Crippen molar-refractivity contribution in [3.8, 4) is 11.8 Å². The summed E-state index contributed by atoms with van der Waals surface area (Å²) in [5.74, 6) is 1.64. The van der Waals surface area contributed by atoms with Crippen molar-refractivity contribution in [1.29, 1.82) is 5.26 Å². The van der Waals surface area contributed by atoms with Gasteiger partial charge in [-0.15, -0.1) is 0 Å². The second-order valence-electron chi connectivity index (χ2n) is 5.00. The number of thioether (sulfide) groups is 1. The number of hydrogen-bond acceptors (Lipinski definition) is 5. The SMILES string of the molecule is CCNC(C)(C#N)CCSc1nc2ccc(OC)cc2[nH]1. The number of ether oxygens (including phenoxy) is 1. The van der Waals surface area contributed by atoms with E-state index in [1.807, 2.05) is 32.0 Å². The van der Waals surface area contributed by atoms with E-state index in [1.165, 1.54) is 0 Å². The summed E-state index contributed by atoms with van der Waals surface area (Å²) in [6.45, 7) is 4.73. The summed E-state index contributed by atoms with van der Waals surface area (Å²) in [5.41, 5.74) is 1.41. The van der Waals surface area contributed by atoms with Gasteiger partial charge in [-0.05, 0) is 32.0 Å². The highest BCUT2D eigenvalue weighted by Crippen LogP contribution is 2.24. The number of methoxy groups -OCH3 is 1. The Hall–Kier alpha value is -1.71. The Morgan fingerprint density at radius 1 is 1.52 bits per heavy atom. The third-order valence-electron chi connectivity index (χ3n) is 3.32. The summed E-state index contributed by atoms with van der Waals surface area (Å²) >= 11 is 1.63. The number of hydrogen-bond donors (Lipinski definition) is 2. The number of H-pyrrole nitrogens is 1. The number of rotatable bonds is 7. The zero-order valence-electron chi connectivity index (χ0n) is 12.6. The molecule has 1 aromatic carbocycles. The van der Waals surface area contributed by atoms with Gasteiger partial charge in [-0.2, -0.15) is 5.26 Å². The summed E-state index contributed by atoms with van der Waals surface area (Å²) in [6, 6.07) is 8.11. The Labute approximate surface area is 129 Å². The van der Waals surface area contributed by atoms with Crippen LogP contribution in [0.25, 0.3) is 11.0 Å². The molecule has 21 heavy (non-hydrogen) atoms. The summed E-state index contributed by atoms with van der Waals surface area (Å²) < 4.78 is 5.20. The van der Waals surface area contributed by atoms with Crippen LogP contribution in [0.5, 0.6) is 5.75 Å². The number of nitriles is 1. The van der Waals surface area contributed by atoms with Gasteiger partial charge < -0.3 is 9.72 Å².